The second kappa shape index (κ2) is 4.28. The molecule has 0 fully saturated rings. The highest BCUT2D eigenvalue weighted by Gasteiger charge is 2.30. The average Bonchev–Trinajstić information content (AvgIpc) is 2.83. The number of hydrogen-bond acceptors (Lipinski definition) is 4. The molecule has 0 aromatic carbocycles. The monoisotopic (exact) mass is 273 g/mol. The van der Waals surface area contributed by atoms with Gasteiger partial charge in [0.1, 0.15) is 5.82 Å². The fourth-order valence-corrected chi connectivity index (χ4v) is 2.13. The molecule has 0 N–H and O–H groups in total. The Morgan fingerprint density at radius 3 is 2.58 bits per heavy atom. The molecular weight excluding hydrogens is 262 g/mol. The van der Waals surface area contributed by atoms with Crippen molar-refractivity contribution in [2.75, 3.05) is 0 Å². The van der Waals surface area contributed by atoms with Gasteiger partial charge in [-0.05, 0) is 38.1 Å². The summed E-state index contributed by atoms with van der Waals surface area (Å²) in [6.07, 6.45) is 1.94. The molecule has 96 valence electrons. The van der Waals surface area contributed by atoms with Crippen molar-refractivity contribution in [2.24, 2.45) is 0 Å². The molecular formula is C13H12ClN5. The Morgan fingerprint density at radius 1 is 1.00 bits per heavy atom. The molecule has 0 amide bonds. The van der Waals surface area contributed by atoms with Crippen molar-refractivity contribution < 1.29 is 0 Å². The zero-order valence-electron chi connectivity index (χ0n) is 10.6. The third-order valence-electron chi connectivity index (χ3n) is 3.15. The Labute approximate surface area is 115 Å². The Kier molecular flexibility index (Phi) is 2.71. The van der Waals surface area contributed by atoms with Gasteiger partial charge in [-0.25, -0.2) is 0 Å². The lowest BCUT2D eigenvalue weighted by Gasteiger charge is -2.21. The predicted octanol–water partition coefficient (Wildman–Crippen LogP) is 2.50. The smallest absolute Gasteiger partial charge is 0.160 e. The highest BCUT2D eigenvalue weighted by molar-refractivity contribution is 6.29. The van der Waals surface area contributed by atoms with Crippen molar-refractivity contribution in [3.8, 4) is 0 Å². The van der Waals surface area contributed by atoms with Crippen LogP contribution in [0.5, 0.6) is 0 Å². The van der Waals surface area contributed by atoms with Crippen LogP contribution in [-0.2, 0) is 5.41 Å². The zero-order chi connectivity index (χ0) is 13.5. The van der Waals surface area contributed by atoms with Crippen LogP contribution in [0.15, 0.2) is 36.5 Å². The molecule has 0 aliphatic heterocycles. The summed E-state index contributed by atoms with van der Waals surface area (Å²) in [6, 6.07) is 9.39. The van der Waals surface area contributed by atoms with Gasteiger partial charge in [0.15, 0.2) is 10.8 Å². The molecule has 0 bridgehead atoms. The van der Waals surface area contributed by atoms with Crippen LogP contribution in [0.2, 0.25) is 5.15 Å². The van der Waals surface area contributed by atoms with Gasteiger partial charge in [-0.15, -0.1) is 15.3 Å². The maximum Gasteiger partial charge on any atom is 0.160 e. The molecule has 0 aliphatic carbocycles. The average molecular weight is 274 g/mol. The van der Waals surface area contributed by atoms with Gasteiger partial charge in [-0.2, -0.15) is 5.10 Å². The van der Waals surface area contributed by atoms with Gasteiger partial charge in [0.2, 0.25) is 0 Å². The van der Waals surface area contributed by atoms with Crippen LogP contribution in [0.25, 0.3) is 5.65 Å². The molecule has 0 atom stereocenters. The lowest BCUT2D eigenvalue weighted by Crippen LogP contribution is -2.24. The molecule has 0 saturated carbocycles. The Hall–Kier alpha value is -2.01. The number of hydrogen-bond donors (Lipinski definition) is 0. The van der Waals surface area contributed by atoms with Crippen LogP contribution in [-0.4, -0.2) is 24.8 Å². The van der Waals surface area contributed by atoms with Crippen LogP contribution < -0.4 is 0 Å². The van der Waals surface area contributed by atoms with Crippen molar-refractivity contribution in [3.05, 3.63) is 53.2 Å². The molecule has 0 saturated heterocycles. The van der Waals surface area contributed by atoms with Gasteiger partial charge in [-0.1, -0.05) is 17.7 Å². The van der Waals surface area contributed by atoms with E-state index in [1.165, 1.54) is 0 Å². The van der Waals surface area contributed by atoms with Crippen LogP contribution in [0.3, 0.4) is 0 Å². The van der Waals surface area contributed by atoms with Crippen molar-refractivity contribution in [2.45, 2.75) is 19.3 Å². The number of halogens is 1. The van der Waals surface area contributed by atoms with Crippen LogP contribution in [0.4, 0.5) is 0 Å². The molecule has 5 nitrogen and oxygen atoms in total. The standard InChI is InChI=1S/C13H12ClN5/c1-13(2,9-6-7-10(14)16-15-9)12-18-17-11-5-3-4-8-19(11)12/h3-8H,1-2H3. The number of nitrogens with zero attached hydrogens (tertiary/aromatic N) is 5. The second-order valence-corrected chi connectivity index (χ2v) is 5.21. The fourth-order valence-electron chi connectivity index (χ4n) is 2.03. The number of pyridine rings is 1. The van der Waals surface area contributed by atoms with Crippen LogP contribution >= 0.6 is 11.6 Å². The van der Waals surface area contributed by atoms with Crippen molar-refractivity contribution in [3.63, 3.8) is 0 Å². The quantitative estimate of drug-likeness (QED) is 0.720. The summed E-state index contributed by atoms with van der Waals surface area (Å²) in [5.41, 5.74) is 1.21. The van der Waals surface area contributed by atoms with Crippen LogP contribution in [0, 0.1) is 0 Å². The van der Waals surface area contributed by atoms with E-state index in [0.717, 1.165) is 17.2 Å². The van der Waals surface area contributed by atoms with Gasteiger partial charge >= 0.3 is 0 Å². The van der Waals surface area contributed by atoms with E-state index in [4.69, 9.17) is 11.6 Å². The predicted molar refractivity (Wildman–Crippen MR) is 72.2 cm³/mol. The highest BCUT2D eigenvalue weighted by atomic mass is 35.5. The normalized spacial score (nSPS) is 11.9. The zero-order valence-corrected chi connectivity index (χ0v) is 11.3. The van der Waals surface area contributed by atoms with Gasteiger partial charge in [-0.3, -0.25) is 4.40 Å². The van der Waals surface area contributed by atoms with Crippen molar-refractivity contribution >= 4 is 17.2 Å². The minimum Gasteiger partial charge on any atom is -0.286 e. The Balaban J connectivity index is 2.16. The lowest BCUT2D eigenvalue weighted by atomic mass is 9.88. The first-order valence-electron chi connectivity index (χ1n) is 5.89. The van der Waals surface area contributed by atoms with E-state index >= 15 is 0 Å². The largest absolute Gasteiger partial charge is 0.286 e. The topological polar surface area (TPSA) is 56.0 Å². The fraction of sp³-hybridized carbons (Fsp3) is 0.231. The minimum atomic E-state index is -0.404. The summed E-state index contributed by atoms with van der Waals surface area (Å²) in [5.74, 6) is 0.819. The first-order valence-corrected chi connectivity index (χ1v) is 6.27. The molecule has 0 aliphatic rings. The van der Waals surface area contributed by atoms with E-state index in [9.17, 15) is 0 Å². The Morgan fingerprint density at radius 2 is 1.84 bits per heavy atom. The molecule has 0 unspecified atom stereocenters. The maximum absolute atomic E-state index is 5.77. The van der Waals surface area contributed by atoms with Gasteiger partial charge in [0.25, 0.3) is 0 Å². The molecule has 6 heteroatoms. The summed E-state index contributed by atoms with van der Waals surface area (Å²) < 4.78 is 1.95. The first-order chi connectivity index (χ1) is 9.09. The molecule has 19 heavy (non-hydrogen) atoms. The van der Waals surface area contributed by atoms with Gasteiger partial charge in [0, 0.05) is 6.20 Å². The van der Waals surface area contributed by atoms with E-state index in [1.807, 2.05) is 48.7 Å². The van der Waals surface area contributed by atoms with Crippen molar-refractivity contribution in [1.29, 1.82) is 0 Å². The highest BCUT2D eigenvalue weighted by Crippen LogP contribution is 2.28. The molecule has 3 aromatic rings. The Bertz CT molecular complexity index is 717. The molecule has 0 spiro atoms. The second-order valence-electron chi connectivity index (χ2n) is 4.82. The molecule has 3 rings (SSSR count). The van der Waals surface area contributed by atoms with E-state index < -0.39 is 5.41 Å². The third kappa shape index (κ3) is 1.96. The SMILES string of the molecule is CC(C)(c1ccc(Cl)nn1)c1nnc2ccccn12. The minimum absolute atomic E-state index is 0.380. The van der Waals surface area contributed by atoms with E-state index in [0.29, 0.717) is 5.15 Å². The maximum atomic E-state index is 5.77. The van der Waals surface area contributed by atoms with Crippen molar-refractivity contribution in [1.82, 2.24) is 24.8 Å². The van der Waals surface area contributed by atoms with E-state index in [-0.39, 0.29) is 0 Å². The molecule has 3 aromatic heterocycles. The number of aromatic nitrogens is 5. The van der Waals surface area contributed by atoms with Crippen LogP contribution in [0.1, 0.15) is 25.4 Å². The summed E-state index contributed by atoms with van der Waals surface area (Å²) >= 11 is 5.77. The summed E-state index contributed by atoms with van der Waals surface area (Å²) in [4.78, 5) is 0. The first kappa shape index (κ1) is 12.0. The van der Waals surface area contributed by atoms with E-state index in [1.54, 1.807) is 6.07 Å². The summed E-state index contributed by atoms with van der Waals surface area (Å²) in [6.45, 7) is 4.07. The summed E-state index contributed by atoms with van der Waals surface area (Å²) in [7, 11) is 0. The van der Waals surface area contributed by atoms with Gasteiger partial charge in [0.05, 0.1) is 11.1 Å². The molecule has 3 heterocycles. The third-order valence-corrected chi connectivity index (χ3v) is 3.35. The summed E-state index contributed by atoms with van der Waals surface area (Å²) in [5, 5.41) is 16.9. The molecule has 0 radical (unpaired) electrons. The number of rotatable bonds is 2. The lowest BCUT2D eigenvalue weighted by molar-refractivity contribution is 0.555. The van der Waals surface area contributed by atoms with E-state index in [2.05, 4.69) is 20.4 Å². The van der Waals surface area contributed by atoms with Gasteiger partial charge < -0.3 is 0 Å². The number of fused-ring (bicyclic) bond motifs is 1.